The van der Waals surface area contributed by atoms with E-state index in [0.29, 0.717) is 45.4 Å². The summed E-state index contributed by atoms with van der Waals surface area (Å²) in [6.45, 7) is 4.22. The first-order chi connectivity index (χ1) is 16.8. The molecule has 0 spiro atoms. The van der Waals surface area contributed by atoms with E-state index in [9.17, 15) is 14.0 Å². The SMILES string of the molecule is CC(C)NC(=O)c1ccc2c(=O)n(CCc3ccccc3)c(SCc3ccc(F)cc3Cl)nc2c1. The summed E-state index contributed by atoms with van der Waals surface area (Å²) < 4.78 is 15.1. The van der Waals surface area contributed by atoms with Gasteiger partial charge >= 0.3 is 0 Å². The minimum atomic E-state index is -0.403. The molecule has 5 nitrogen and oxygen atoms in total. The van der Waals surface area contributed by atoms with Gasteiger partial charge in [-0.25, -0.2) is 9.37 Å². The summed E-state index contributed by atoms with van der Waals surface area (Å²) in [6.07, 6.45) is 0.660. The zero-order valence-electron chi connectivity index (χ0n) is 19.4. The smallest absolute Gasteiger partial charge is 0.262 e. The van der Waals surface area contributed by atoms with Crippen LogP contribution in [0, 0.1) is 5.82 Å². The fourth-order valence-corrected chi connectivity index (χ4v) is 5.00. The number of carbonyl (C=O) groups excluding carboxylic acids is 1. The first-order valence-electron chi connectivity index (χ1n) is 11.3. The molecule has 8 heteroatoms. The first-order valence-corrected chi connectivity index (χ1v) is 12.6. The van der Waals surface area contributed by atoms with Crippen LogP contribution in [0.1, 0.15) is 35.3 Å². The molecular formula is C27H25ClFN3O2S. The highest BCUT2D eigenvalue weighted by atomic mass is 35.5. The third-order valence-electron chi connectivity index (χ3n) is 5.44. The Bertz CT molecular complexity index is 1420. The molecule has 4 aromatic rings. The zero-order valence-corrected chi connectivity index (χ0v) is 21.0. The van der Waals surface area contributed by atoms with E-state index in [1.807, 2.05) is 44.2 Å². The number of aromatic nitrogens is 2. The van der Waals surface area contributed by atoms with Gasteiger partial charge in [-0.2, -0.15) is 0 Å². The maximum Gasteiger partial charge on any atom is 0.262 e. The normalized spacial score (nSPS) is 11.2. The Morgan fingerprint density at radius 3 is 2.60 bits per heavy atom. The fraction of sp³-hybridized carbons (Fsp3) is 0.222. The lowest BCUT2D eigenvalue weighted by Crippen LogP contribution is -2.30. The maximum atomic E-state index is 13.5. The molecule has 0 atom stereocenters. The Hall–Kier alpha value is -3.16. The van der Waals surface area contributed by atoms with Gasteiger partial charge in [-0.05, 0) is 61.7 Å². The van der Waals surface area contributed by atoms with Crippen LogP contribution in [0.15, 0.2) is 76.7 Å². The Kier molecular flexibility index (Phi) is 7.88. The molecule has 3 aromatic carbocycles. The molecule has 1 amide bonds. The second-order valence-electron chi connectivity index (χ2n) is 8.47. The van der Waals surface area contributed by atoms with Gasteiger partial charge in [-0.3, -0.25) is 14.2 Å². The van der Waals surface area contributed by atoms with Crippen molar-refractivity contribution in [1.82, 2.24) is 14.9 Å². The predicted octanol–water partition coefficient (Wildman–Crippen LogP) is 5.86. The number of benzene rings is 3. The summed E-state index contributed by atoms with van der Waals surface area (Å²) in [6, 6.07) is 19.1. The molecule has 0 aliphatic carbocycles. The van der Waals surface area contributed by atoms with E-state index in [2.05, 4.69) is 5.32 Å². The molecule has 0 unspecified atom stereocenters. The second kappa shape index (κ2) is 11.1. The topological polar surface area (TPSA) is 64.0 Å². The molecule has 1 heterocycles. The molecular weight excluding hydrogens is 485 g/mol. The van der Waals surface area contributed by atoms with Crippen molar-refractivity contribution in [1.29, 1.82) is 0 Å². The third-order valence-corrected chi connectivity index (χ3v) is 6.82. The highest BCUT2D eigenvalue weighted by Gasteiger charge is 2.15. The fourth-order valence-electron chi connectivity index (χ4n) is 3.66. The van der Waals surface area contributed by atoms with Crippen LogP contribution in [0.2, 0.25) is 5.02 Å². The number of carbonyl (C=O) groups is 1. The Labute approximate surface area is 212 Å². The number of aryl methyl sites for hydroxylation is 1. The maximum absolute atomic E-state index is 13.5. The minimum absolute atomic E-state index is 0.0104. The second-order valence-corrected chi connectivity index (χ2v) is 9.82. The summed E-state index contributed by atoms with van der Waals surface area (Å²) in [5, 5.41) is 4.14. The highest BCUT2D eigenvalue weighted by molar-refractivity contribution is 7.98. The summed E-state index contributed by atoms with van der Waals surface area (Å²) in [5.74, 6) is -0.209. The van der Waals surface area contributed by atoms with Gasteiger partial charge in [0.1, 0.15) is 5.82 Å². The first kappa shape index (κ1) is 24.9. The number of nitrogens with zero attached hydrogens (tertiary/aromatic N) is 2. The van der Waals surface area contributed by atoms with Crippen LogP contribution in [0.4, 0.5) is 4.39 Å². The van der Waals surface area contributed by atoms with Gasteiger partial charge in [0.2, 0.25) is 0 Å². The van der Waals surface area contributed by atoms with Crippen molar-refractivity contribution in [2.75, 3.05) is 0 Å². The molecule has 1 aromatic heterocycles. The van der Waals surface area contributed by atoms with Gasteiger partial charge in [-0.1, -0.05) is 59.8 Å². The van der Waals surface area contributed by atoms with E-state index < -0.39 is 5.82 Å². The molecule has 180 valence electrons. The molecule has 0 saturated heterocycles. The number of hydrogen-bond acceptors (Lipinski definition) is 4. The summed E-state index contributed by atoms with van der Waals surface area (Å²) >= 11 is 7.57. The van der Waals surface area contributed by atoms with Gasteiger partial charge in [0.05, 0.1) is 10.9 Å². The van der Waals surface area contributed by atoms with Gasteiger partial charge in [-0.15, -0.1) is 0 Å². The molecule has 0 bridgehead atoms. The van der Waals surface area contributed by atoms with Gasteiger partial charge < -0.3 is 5.32 Å². The van der Waals surface area contributed by atoms with Crippen molar-refractivity contribution in [2.24, 2.45) is 0 Å². The lowest BCUT2D eigenvalue weighted by molar-refractivity contribution is 0.0943. The van der Waals surface area contributed by atoms with Crippen molar-refractivity contribution >= 4 is 40.2 Å². The molecule has 0 aliphatic rings. The largest absolute Gasteiger partial charge is 0.350 e. The monoisotopic (exact) mass is 509 g/mol. The number of rotatable bonds is 8. The zero-order chi connectivity index (χ0) is 24.9. The predicted molar refractivity (Wildman–Crippen MR) is 140 cm³/mol. The average Bonchev–Trinajstić information content (AvgIpc) is 2.83. The van der Waals surface area contributed by atoms with Crippen molar-refractivity contribution in [2.45, 2.75) is 43.8 Å². The van der Waals surface area contributed by atoms with Crippen LogP contribution in [-0.2, 0) is 18.7 Å². The highest BCUT2D eigenvalue weighted by Crippen LogP contribution is 2.27. The minimum Gasteiger partial charge on any atom is -0.350 e. The summed E-state index contributed by atoms with van der Waals surface area (Å²) in [4.78, 5) is 30.7. The number of amides is 1. The van der Waals surface area contributed by atoms with Crippen molar-refractivity contribution < 1.29 is 9.18 Å². The van der Waals surface area contributed by atoms with Crippen LogP contribution in [0.3, 0.4) is 0 Å². The van der Waals surface area contributed by atoms with Gasteiger partial charge in [0.25, 0.3) is 11.5 Å². The van der Waals surface area contributed by atoms with Crippen LogP contribution in [0.5, 0.6) is 0 Å². The molecule has 0 aliphatic heterocycles. The van der Waals surface area contributed by atoms with E-state index in [1.165, 1.54) is 23.9 Å². The molecule has 0 saturated carbocycles. The Balaban J connectivity index is 1.72. The van der Waals surface area contributed by atoms with E-state index >= 15 is 0 Å². The van der Waals surface area contributed by atoms with E-state index in [4.69, 9.17) is 16.6 Å². The van der Waals surface area contributed by atoms with Crippen molar-refractivity contribution in [3.63, 3.8) is 0 Å². The number of thioether (sulfide) groups is 1. The lowest BCUT2D eigenvalue weighted by atomic mass is 10.1. The molecule has 35 heavy (non-hydrogen) atoms. The van der Waals surface area contributed by atoms with Crippen LogP contribution in [-0.4, -0.2) is 21.5 Å². The number of hydrogen-bond donors (Lipinski definition) is 1. The quantitative estimate of drug-likeness (QED) is 0.238. The van der Waals surface area contributed by atoms with Crippen LogP contribution in [0.25, 0.3) is 10.9 Å². The average molecular weight is 510 g/mol. The molecule has 0 fully saturated rings. The molecule has 1 N–H and O–H groups in total. The summed E-state index contributed by atoms with van der Waals surface area (Å²) in [7, 11) is 0. The number of fused-ring (bicyclic) bond motifs is 1. The lowest BCUT2D eigenvalue weighted by Gasteiger charge is -2.14. The summed E-state index contributed by atoms with van der Waals surface area (Å²) in [5.41, 5.74) is 2.58. The number of nitrogens with one attached hydrogen (secondary N) is 1. The van der Waals surface area contributed by atoms with Crippen molar-refractivity contribution in [3.8, 4) is 0 Å². The van der Waals surface area contributed by atoms with Crippen LogP contribution < -0.4 is 10.9 Å². The molecule has 0 radical (unpaired) electrons. The van der Waals surface area contributed by atoms with E-state index in [1.54, 1.807) is 28.8 Å². The van der Waals surface area contributed by atoms with Crippen molar-refractivity contribution in [3.05, 3.63) is 105 Å². The van der Waals surface area contributed by atoms with E-state index in [0.717, 1.165) is 11.1 Å². The van der Waals surface area contributed by atoms with Gasteiger partial charge in [0, 0.05) is 28.9 Å². The number of halogens is 2. The van der Waals surface area contributed by atoms with Crippen LogP contribution >= 0.6 is 23.4 Å². The molecule has 4 rings (SSSR count). The Morgan fingerprint density at radius 1 is 1.11 bits per heavy atom. The third kappa shape index (κ3) is 6.10. The Morgan fingerprint density at radius 2 is 1.89 bits per heavy atom. The van der Waals surface area contributed by atoms with E-state index in [-0.39, 0.29) is 17.5 Å². The van der Waals surface area contributed by atoms with Gasteiger partial charge in [0.15, 0.2) is 5.16 Å². The standard InChI is InChI=1S/C27H25ClFN3O2S/c1-17(2)30-25(33)19-9-11-22-24(14-19)31-27(35-16-20-8-10-21(29)15-23(20)28)32(26(22)34)13-12-18-6-4-3-5-7-18/h3-11,14-15,17H,12-13,16H2,1-2H3,(H,30,33).